The van der Waals surface area contributed by atoms with Gasteiger partial charge in [0, 0.05) is 12.0 Å². The fourth-order valence-electron chi connectivity index (χ4n) is 4.04. The van der Waals surface area contributed by atoms with Crippen molar-refractivity contribution in [1.82, 2.24) is 0 Å². The molecule has 0 aliphatic carbocycles. The first-order valence-corrected chi connectivity index (χ1v) is 9.05. The van der Waals surface area contributed by atoms with Crippen LogP contribution >= 0.6 is 0 Å². The summed E-state index contributed by atoms with van der Waals surface area (Å²) < 4.78 is 7.66. The van der Waals surface area contributed by atoms with Crippen LogP contribution in [-0.2, 0) is 5.72 Å². The smallest absolute Gasteiger partial charge is 0.275 e. The fraction of sp³-hybridized carbons (Fsp3) is 0.381. The van der Waals surface area contributed by atoms with Crippen molar-refractivity contribution in [2.45, 2.75) is 31.4 Å². The Hall–Kier alpha value is -2.33. The van der Waals surface area contributed by atoms with Gasteiger partial charge in [0.2, 0.25) is 0 Å². The van der Waals surface area contributed by atoms with Crippen LogP contribution in [0.1, 0.15) is 31.2 Å². The molecule has 0 fully saturated rings. The number of benzene rings is 2. The summed E-state index contributed by atoms with van der Waals surface area (Å²) in [4.78, 5) is 2.13. The third-order valence-electron chi connectivity index (χ3n) is 5.30. The zero-order valence-electron chi connectivity index (χ0n) is 14.7. The molecule has 0 saturated carbocycles. The average Bonchev–Trinajstić information content (AvgIpc) is 2.79. The number of anilines is 1. The Bertz CT molecular complexity index is 770. The number of hydrogen-bond acceptors (Lipinski definition) is 3. The van der Waals surface area contributed by atoms with Gasteiger partial charge in [-0.05, 0) is 43.5 Å². The lowest BCUT2D eigenvalue weighted by molar-refractivity contribution is -0.534. The summed E-state index contributed by atoms with van der Waals surface area (Å²) in [6.07, 6.45) is 4.61. The number of hydrogen-bond donors (Lipinski definition) is 1. The molecule has 1 N–H and O–H groups in total. The molecular formula is C21H25N2O2+. The lowest BCUT2D eigenvalue weighted by atomic mass is 10.00. The lowest BCUT2D eigenvalue weighted by Crippen LogP contribution is -2.47. The van der Waals surface area contributed by atoms with Crippen molar-refractivity contribution in [3.63, 3.8) is 0 Å². The number of amidine groups is 1. The molecule has 130 valence electrons. The molecular weight excluding hydrogens is 312 g/mol. The third-order valence-corrected chi connectivity index (χ3v) is 5.30. The number of nitrogens with zero attached hydrogens (tertiary/aromatic N) is 2. The second-order valence-electron chi connectivity index (χ2n) is 6.86. The molecule has 0 saturated heterocycles. The maximum atomic E-state index is 11.8. The highest BCUT2D eigenvalue weighted by Gasteiger charge is 2.53. The molecule has 0 radical (unpaired) electrons. The summed E-state index contributed by atoms with van der Waals surface area (Å²) in [7, 11) is 1.67. The third kappa shape index (κ3) is 2.81. The zero-order valence-corrected chi connectivity index (χ0v) is 14.7. The Kier molecular flexibility index (Phi) is 4.22. The lowest BCUT2D eigenvalue weighted by Gasteiger charge is -2.29. The van der Waals surface area contributed by atoms with Gasteiger partial charge in [-0.1, -0.05) is 30.3 Å². The first-order chi connectivity index (χ1) is 12.2. The predicted octanol–water partition coefficient (Wildman–Crippen LogP) is 3.35. The Balaban J connectivity index is 1.81. The van der Waals surface area contributed by atoms with E-state index >= 15 is 0 Å². The number of aliphatic hydroxyl groups is 1. The van der Waals surface area contributed by atoms with Gasteiger partial charge in [0.15, 0.2) is 6.54 Å². The van der Waals surface area contributed by atoms with E-state index in [0.717, 1.165) is 30.0 Å². The standard InChI is InChI=1S/C21H25N2O2/c1-25-19-13-11-18(12-14-19)23-20-10-6-3-7-15-22(20)16-21(23,24)17-8-4-2-5-9-17/h2,4-5,8-9,11-14,24H,3,6-7,10,15-16H2,1H3/q+1. The van der Waals surface area contributed by atoms with E-state index in [1.165, 1.54) is 25.1 Å². The average molecular weight is 337 g/mol. The van der Waals surface area contributed by atoms with Gasteiger partial charge in [0.25, 0.3) is 11.6 Å². The van der Waals surface area contributed by atoms with Gasteiger partial charge in [-0.15, -0.1) is 0 Å². The molecule has 4 heteroatoms. The Labute approximate surface area is 149 Å². The van der Waals surface area contributed by atoms with Crippen molar-refractivity contribution in [2.75, 3.05) is 25.1 Å². The summed E-state index contributed by atoms with van der Waals surface area (Å²) in [5.74, 6) is 2.06. The van der Waals surface area contributed by atoms with Crippen LogP contribution in [0.15, 0.2) is 54.6 Å². The van der Waals surface area contributed by atoms with E-state index in [1.807, 2.05) is 54.6 Å². The second kappa shape index (κ2) is 6.52. The molecule has 4 rings (SSSR count). The highest BCUT2D eigenvalue weighted by Crippen LogP contribution is 2.38. The van der Waals surface area contributed by atoms with Crippen molar-refractivity contribution in [3.8, 4) is 5.75 Å². The summed E-state index contributed by atoms with van der Waals surface area (Å²) in [6.45, 7) is 1.62. The fourth-order valence-corrected chi connectivity index (χ4v) is 4.04. The van der Waals surface area contributed by atoms with E-state index in [1.54, 1.807) is 7.11 Å². The number of rotatable bonds is 3. The van der Waals surface area contributed by atoms with Crippen LogP contribution in [0.5, 0.6) is 5.75 Å². The van der Waals surface area contributed by atoms with Gasteiger partial charge in [0.05, 0.1) is 13.7 Å². The van der Waals surface area contributed by atoms with Crippen molar-refractivity contribution in [3.05, 3.63) is 60.2 Å². The van der Waals surface area contributed by atoms with Crippen LogP contribution in [0.4, 0.5) is 5.69 Å². The molecule has 2 heterocycles. The van der Waals surface area contributed by atoms with E-state index in [-0.39, 0.29) is 0 Å². The predicted molar refractivity (Wildman–Crippen MR) is 99.3 cm³/mol. The van der Waals surface area contributed by atoms with Crippen LogP contribution < -0.4 is 9.64 Å². The van der Waals surface area contributed by atoms with E-state index in [0.29, 0.717) is 6.54 Å². The highest BCUT2D eigenvalue weighted by atomic mass is 16.5. The quantitative estimate of drug-likeness (QED) is 0.873. The summed E-state index contributed by atoms with van der Waals surface area (Å²) in [6, 6.07) is 18.0. The molecule has 0 spiro atoms. The first-order valence-electron chi connectivity index (χ1n) is 9.05. The van der Waals surface area contributed by atoms with E-state index in [2.05, 4.69) is 9.48 Å². The molecule has 2 aliphatic rings. The Morgan fingerprint density at radius 3 is 2.48 bits per heavy atom. The first kappa shape index (κ1) is 16.2. The monoisotopic (exact) mass is 337 g/mol. The summed E-state index contributed by atoms with van der Waals surface area (Å²) in [5, 5.41) is 11.8. The van der Waals surface area contributed by atoms with Gasteiger partial charge < -0.3 is 9.84 Å². The molecule has 25 heavy (non-hydrogen) atoms. The molecule has 1 atom stereocenters. The SMILES string of the molecule is COc1ccc(N2C3=[N+](CCCCC3)CC2(O)c2ccccc2)cc1. The second-order valence-corrected chi connectivity index (χ2v) is 6.86. The van der Waals surface area contributed by atoms with Crippen molar-refractivity contribution in [2.24, 2.45) is 0 Å². The van der Waals surface area contributed by atoms with Crippen LogP contribution in [0.25, 0.3) is 0 Å². The van der Waals surface area contributed by atoms with Crippen LogP contribution in [0.2, 0.25) is 0 Å². The molecule has 0 amide bonds. The minimum atomic E-state index is -1.04. The van der Waals surface area contributed by atoms with E-state index < -0.39 is 5.72 Å². The van der Waals surface area contributed by atoms with Gasteiger partial charge in [0.1, 0.15) is 11.4 Å². The van der Waals surface area contributed by atoms with Gasteiger partial charge in [-0.2, -0.15) is 4.90 Å². The number of ether oxygens (including phenoxy) is 1. The van der Waals surface area contributed by atoms with Crippen molar-refractivity contribution in [1.29, 1.82) is 0 Å². The maximum absolute atomic E-state index is 11.8. The van der Waals surface area contributed by atoms with Gasteiger partial charge in [-0.3, -0.25) is 4.58 Å². The summed E-state index contributed by atoms with van der Waals surface area (Å²) in [5.41, 5.74) is 0.903. The number of methoxy groups -OCH3 is 1. The molecule has 2 aliphatic heterocycles. The topological polar surface area (TPSA) is 35.7 Å². The van der Waals surface area contributed by atoms with Crippen LogP contribution in [0.3, 0.4) is 0 Å². The minimum absolute atomic E-state index is 0.609. The van der Waals surface area contributed by atoms with Crippen molar-refractivity contribution >= 4 is 11.5 Å². The van der Waals surface area contributed by atoms with Crippen molar-refractivity contribution < 1.29 is 14.4 Å². The zero-order chi connectivity index (χ0) is 17.3. The van der Waals surface area contributed by atoms with Gasteiger partial charge >= 0.3 is 0 Å². The molecule has 0 aromatic heterocycles. The largest absolute Gasteiger partial charge is 0.497 e. The van der Waals surface area contributed by atoms with E-state index in [4.69, 9.17) is 4.74 Å². The minimum Gasteiger partial charge on any atom is -0.497 e. The summed E-state index contributed by atoms with van der Waals surface area (Å²) >= 11 is 0. The molecule has 4 nitrogen and oxygen atoms in total. The van der Waals surface area contributed by atoms with Gasteiger partial charge in [-0.25, -0.2) is 0 Å². The molecule has 1 unspecified atom stereocenters. The Morgan fingerprint density at radius 2 is 1.76 bits per heavy atom. The molecule has 2 aromatic carbocycles. The van der Waals surface area contributed by atoms with E-state index in [9.17, 15) is 5.11 Å². The molecule has 2 aromatic rings. The Morgan fingerprint density at radius 1 is 1.00 bits per heavy atom. The highest BCUT2D eigenvalue weighted by molar-refractivity contribution is 5.97. The molecule has 0 bridgehead atoms. The maximum Gasteiger partial charge on any atom is 0.275 e. The van der Waals surface area contributed by atoms with Crippen LogP contribution in [-0.4, -0.2) is 35.7 Å². The van der Waals surface area contributed by atoms with Crippen LogP contribution in [0, 0.1) is 0 Å². The normalized spacial score (nSPS) is 23.4.